The zero-order valence-corrected chi connectivity index (χ0v) is 15.1. The topological polar surface area (TPSA) is 48.5 Å². The Morgan fingerprint density at radius 3 is 2.50 bits per heavy atom. The van der Waals surface area contributed by atoms with Crippen LogP contribution in [0.1, 0.15) is 18.3 Å². The number of benzene rings is 2. The molecule has 0 bridgehead atoms. The Bertz CT molecular complexity index is 1020. The molecule has 130 valence electrons. The summed E-state index contributed by atoms with van der Waals surface area (Å²) in [5.74, 6) is 1.51. The molecule has 0 aliphatic carbocycles. The first-order valence-corrected chi connectivity index (χ1v) is 8.90. The van der Waals surface area contributed by atoms with Gasteiger partial charge in [0.1, 0.15) is 6.54 Å². The van der Waals surface area contributed by atoms with Gasteiger partial charge < -0.3 is 0 Å². The van der Waals surface area contributed by atoms with Crippen LogP contribution in [-0.4, -0.2) is 24.5 Å². The summed E-state index contributed by atoms with van der Waals surface area (Å²) in [6.45, 7) is 2.63. The number of aryl methyl sites for hydroxylation is 1. The quantitative estimate of drug-likeness (QED) is 0.528. The molecule has 2 aromatic carbocycles. The molecule has 0 saturated heterocycles. The number of rotatable bonds is 5. The Balaban J connectivity index is 1.83. The number of hydrogen-bond acceptors (Lipinski definition) is 3. The second-order valence-electron chi connectivity index (χ2n) is 5.97. The zero-order valence-electron chi connectivity index (χ0n) is 14.4. The van der Waals surface area contributed by atoms with Crippen LogP contribution in [-0.2, 0) is 13.0 Å². The Kier molecular flexibility index (Phi) is 4.54. The Morgan fingerprint density at radius 2 is 1.77 bits per heavy atom. The van der Waals surface area contributed by atoms with Crippen molar-refractivity contribution in [2.45, 2.75) is 19.9 Å². The van der Waals surface area contributed by atoms with Crippen molar-refractivity contribution in [3.63, 3.8) is 0 Å². The van der Waals surface area contributed by atoms with E-state index in [9.17, 15) is 0 Å². The molecule has 0 radical (unpaired) electrons. The molecule has 2 heterocycles. The van der Waals surface area contributed by atoms with E-state index in [0.29, 0.717) is 17.4 Å². The lowest BCUT2D eigenvalue weighted by atomic mass is 10.1. The highest BCUT2D eigenvalue weighted by atomic mass is 35.5. The van der Waals surface area contributed by atoms with E-state index in [0.717, 1.165) is 23.5 Å². The van der Waals surface area contributed by atoms with E-state index in [1.54, 1.807) is 17.1 Å². The fraction of sp³-hybridized carbons (Fsp3) is 0.150. The van der Waals surface area contributed by atoms with E-state index in [4.69, 9.17) is 21.7 Å². The van der Waals surface area contributed by atoms with Crippen molar-refractivity contribution >= 4 is 11.6 Å². The van der Waals surface area contributed by atoms with Crippen LogP contribution in [0, 0.1) is 0 Å². The van der Waals surface area contributed by atoms with Crippen LogP contribution < -0.4 is 0 Å². The van der Waals surface area contributed by atoms with E-state index in [1.807, 2.05) is 47.1 Å². The predicted octanol–water partition coefficient (Wildman–Crippen LogP) is 4.39. The molecule has 6 heteroatoms. The first-order chi connectivity index (χ1) is 12.7. The summed E-state index contributed by atoms with van der Waals surface area (Å²) in [6, 6.07) is 18.2. The van der Waals surface area contributed by atoms with Gasteiger partial charge in [-0.15, -0.1) is 5.10 Å². The molecule has 4 rings (SSSR count). The van der Waals surface area contributed by atoms with Gasteiger partial charge in [0.2, 0.25) is 0 Å². The fourth-order valence-electron chi connectivity index (χ4n) is 2.94. The predicted molar refractivity (Wildman–Crippen MR) is 103 cm³/mol. The average Bonchev–Trinajstić information content (AvgIpc) is 3.29. The van der Waals surface area contributed by atoms with E-state index in [2.05, 4.69) is 24.2 Å². The third kappa shape index (κ3) is 3.26. The molecule has 26 heavy (non-hydrogen) atoms. The molecule has 0 unspecified atom stereocenters. The number of hydrogen-bond donors (Lipinski definition) is 0. The molecule has 0 amide bonds. The van der Waals surface area contributed by atoms with Crippen LogP contribution in [0.5, 0.6) is 0 Å². The van der Waals surface area contributed by atoms with E-state index in [-0.39, 0.29) is 0 Å². The van der Waals surface area contributed by atoms with Crippen molar-refractivity contribution < 1.29 is 0 Å². The van der Waals surface area contributed by atoms with Gasteiger partial charge in [0.25, 0.3) is 0 Å². The van der Waals surface area contributed by atoms with Crippen LogP contribution in [0.15, 0.2) is 67.0 Å². The third-order valence-corrected chi connectivity index (χ3v) is 4.41. The van der Waals surface area contributed by atoms with Crippen LogP contribution in [0.25, 0.3) is 17.1 Å². The maximum absolute atomic E-state index is 6.01. The molecule has 0 atom stereocenters. The van der Waals surface area contributed by atoms with Gasteiger partial charge >= 0.3 is 0 Å². The molecule has 0 aliphatic heterocycles. The van der Waals surface area contributed by atoms with Gasteiger partial charge in [0, 0.05) is 11.8 Å². The number of para-hydroxylation sites is 1. The molecule has 5 nitrogen and oxygen atoms in total. The summed E-state index contributed by atoms with van der Waals surface area (Å²) in [5.41, 5.74) is 3.25. The SMILES string of the molecule is CCc1ccccc1-n1nc(-c2ccccc2)nc1Cn1cc(Cl)cn1. The lowest BCUT2D eigenvalue weighted by molar-refractivity contribution is 0.633. The largest absolute Gasteiger partial charge is 0.264 e. The summed E-state index contributed by atoms with van der Waals surface area (Å²) in [7, 11) is 0. The second-order valence-corrected chi connectivity index (χ2v) is 6.40. The highest BCUT2D eigenvalue weighted by molar-refractivity contribution is 6.30. The number of halogens is 1. The van der Waals surface area contributed by atoms with Crippen molar-refractivity contribution in [1.82, 2.24) is 24.5 Å². The standard InChI is InChI=1S/C20H18ClN5/c1-2-15-8-6-7-11-18(15)26-19(14-25-13-17(21)12-22-25)23-20(24-26)16-9-4-3-5-10-16/h3-13H,2,14H2,1H3. The van der Waals surface area contributed by atoms with Gasteiger partial charge in [-0.05, 0) is 18.1 Å². The minimum atomic E-state index is 0.491. The minimum absolute atomic E-state index is 0.491. The highest BCUT2D eigenvalue weighted by Gasteiger charge is 2.15. The summed E-state index contributed by atoms with van der Waals surface area (Å²) >= 11 is 6.01. The smallest absolute Gasteiger partial charge is 0.181 e. The molecule has 0 fully saturated rings. The van der Waals surface area contributed by atoms with Gasteiger partial charge in [-0.25, -0.2) is 9.67 Å². The van der Waals surface area contributed by atoms with Crippen molar-refractivity contribution in [3.05, 3.63) is 83.4 Å². The lowest BCUT2D eigenvalue weighted by Crippen LogP contribution is -2.10. The first-order valence-electron chi connectivity index (χ1n) is 8.52. The molecule has 0 saturated carbocycles. The van der Waals surface area contributed by atoms with Crippen molar-refractivity contribution in [2.24, 2.45) is 0 Å². The molecule has 0 aliphatic rings. The summed E-state index contributed by atoms with van der Waals surface area (Å²) < 4.78 is 3.68. The Hall–Kier alpha value is -2.92. The third-order valence-electron chi connectivity index (χ3n) is 4.21. The number of aromatic nitrogens is 5. The Morgan fingerprint density at radius 1 is 1.00 bits per heavy atom. The summed E-state index contributed by atoms with van der Waals surface area (Å²) in [6.07, 6.45) is 4.33. The van der Waals surface area contributed by atoms with Crippen molar-refractivity contribution in [1.29, 1.82) is 0 Å². The van der Waals surface area contributed by atoms with E-state index in [1.165, 1.54) is 5.56 Å². The second kappa shape index (κ2) is 7.14. The van der Waals surface area contributed by atoms with Crippen LogP contribution >= 0.6 is 11.6 Å². The number of nitrogens with zero attached hydrogens (tertiary/aromatic N) is 5. The van der Waals surface area contributed by atoms with Gasteiger partial charge in [0.15, 0.2) is 11.6 Å². The zero-order chi connectivity index (χ0) is 17.9. The van der Waals surface area contributed by atoms with E-state index < -0.39 is 0 Å². The fourth-order valence-corrected chi connectivity index (χ4v) is 3.09. The Labute approximate surface area is 156 Å². The molecule has 2 aromatic heterocycles. The van der Waals surface area contributed by atoms with Gasteiger partial charge in [-0.1, -0.05) is 67.1 Å². The van der Waals surface area contributed by atoms with Crippen LogP contribution in [0.3, 0.4) is 0 Å². The molecular weight excluding hydrogens is 346 g/mol. The molecular formula is C20H18ClN5. The maximum atomic E-state index is 6.01. The van der Waals surface area contributed by atoms with Gasteiger partial charge in [-0.2, -0.15) is 5.10 Å². The maximum Gasteiger partial charge on any atom is 0.181 e. The van der Waals surface area contributed by atoms with Crippen LogP contribution in [0.4, 0.5) is 0 Å². The van der Waals surface area contributed by atoms with Crippen LogP contribution in [0.2, 0.25) is 5.02 Å². The van der Waals surface area contributed by atoms with E-state index >= 15 is 0 Å². The molecule has 0 N–H and O–H groups in total. The first kappa shape index (κ1) is 16.5. The van der Waals surface area contributed by atoms with Crippen molar-refractivity contribution in [3.8, 4) is 17.1 Å². The molecule has 4 aromatic rings. The van der Waals surface area contributed by atoms with Gasteiger partial charge in [0.05, 0.1) is 16.9 Å². The normalized spacial score (nSPS) is 11.0. The minimum Gasteiger partial charge on any atom is -0.264 e. The average molecular weight is 364 g/mol. The summed E-state index contributed by atoms with van der Waals surface area (Å²) in [4.78, 5) is 4.78. The monoisotopic (exact) mass is 363 g/mol. The molecule has 0 spiro atoms. The summed E-state index contributed by atoms with van der Waals surface area (Å²) in [5, 5.41) is 9.67. The van der Waals surface area contributed by atoms with Gasteiger partial charge in [-0.3, -0.25) is 4.68 Å². The van der Waals surface area contributed by atoms with Crippen molar-refractivity contribution in [2.75, 3.05) is 0 Å². The lowest BCUT2D eigenvalue weighted by Gasteiger charge is -2.10. The highest BCUT2D eigenvalue weighted by Crippen LogP contribution is 2.21.